The standard InChI is InChI=1S/C11H15N3O2/c1-14(2)11-12-6-8-5-7(10(15)16)3-4-9(8)13-11/h6-7H,3-5H2,1-2H3,(H,15,16). The van der Waals surface area contributed by atoms with E-state index in [0.717, 1.165) is 17.7 Å². The maximum Gasteiger partial charge on any atom is 0.306 e. The molecule has 0 saturated heterocycles. The molecule has 16 heavy (non-hydrogen) atoms. The lowest BCUT2D eigenvalue weighted by atomic mass is 9.87. The van der Waals surface area contributed by atoms with Gasteiger partial charge in [0.05, 0.1) is 5.92 Å². The molecule has 0 fully saturated rings. The molecule has 5 nitrogen and oxygen atoms in total. The molecule has 1 atom stereocenters. The quantitative estimate of drug-likeness (QED) is 0.797. The molecule has 2 rings (SSSR count). The minimum absolute atomic E-state index is 0.277. The number of carboxylic acid groups (broad SMARTS) is 1. The van der Waals surface area contributed by atoms with Crippen molar-refractivity contribution in [2.75, 3.05) is 19.0 Å². The van der Waals surface area contributed by atoms with Crippen LogP contribution >= 0.6 is 0 Å². The normalized spacial score (nSPS) is 19.0. The Hall–Kier alpha value is -1.65. The molecule has 0 amide bonds. The topological polar surface area (TPSA) is 66.3 Å². The Morgan fingerprint density at radius 1 is 1.56 bits per heavy atom. The van der Waals surface area contributed by atoms with E-state index in [0.29, 0.717) is 18.8 Å². The highest BCUT2D eigenvalue weighted by atomic mass is 16.4. The zero-order valence-electron chi connectivity index (χ0n) is 9.47. The molecule has 1 unspecified atom stereocenters. The molecule has 0 aliphatic heterocycles. The van der Waals surface area contributed by atoms with Crippen molar-refractivity contribution in [3.05, 3.63) is 17.5 Å². The van der Waals surface area contributed by atoms with Crippen LogP contribution in [0.4, 0.5) is 5.95 Å². The van der Waals surface area contributed by atoms with Crippen LogP contribution in [-0.4, -0.2) is 35.1 Å². The van der Waals surface area contributed by atoms with Gasteiger partial charge in [0.15, 0.2) is 0 Å². The summed E-state index contributed by atoms with van der Waals surface area (Å²) in [5.74, 6) is -0.309. The Bertz CT molecular complexity index is 418. The van der Waals surface area contributed by atoms with E-state index < -0.39 is 5.97 Å². The van der Waals surface area contributed by atoms with Crippen LogP contribution in [0.5, 0.6) is 0 Å². The van der Waals surface area contributed by atoms with Crippen LogP contribution in [0.15, 0.2) is 6.20 Å². The number of hydrogen-bond acceptors (Lipinski definition) is 4. The summed E-state index contributed by atoms with van der Waals surface area (Å²) in [5.41, 5.74) is 1.97. The van der Waals surface area contributed by atoms with Crippen LogP contribution in [0.25, 0.3) is 0 Å². The zero-order chi connectivity index (χ0) is 11.7. The van der Waals surface area contributed by atoms with Gasteiger partial charge in [-0.2, -0.15) is 0 Å². The first kappa shape index (κ1) is 10.9. The number of aryl methyl sites for hydroxylation is 1. The van der Waals surface area contributed by atoms with E-state index in [9.17, 15) is 4.79 Å². The maximum absolute atomic E-state index is 10.9. The fourth-order valence-corrected chi connectivity index (χ4v) is 1.92. The van der Waals surface area contributed by atoms with Crippen LogP contribution < -0.4 is 4.90 Å². The van der Waals surface area contributed by atoms with Crippen LogP contribution in [0, 0.1) is 5.92 Å². The monoisotopic (exact) mass is 221 g/mol. The van der Waals surface area contributed by atoms with Gasteiger partial charge in [0.25, 0.3) is 0 Å². The SMILES string of the molecule is CN(C)c1ncc2c(n1)CCC(C(=O)O)C2. The minimum Gasteiger partial charge on any atom is -0.481 e. The molecule has 0 bridgehead atoms. The van der Waals surface area contributed by atoms with Crippen molar-refractivity contribution in [3.63, 3.8) is 0 Å². The van der Waals surface area contributed by atoms with E-state index >= 15 is 0 Å². The molecular weight excluding hydrogens is 206 g/mol. The fourth-order valence-electron chi connectivity index (χ4n) is 1.92. The first-order chi connectivity index (χ1) is 7.58. The molecule has 86 valence electrons. The van der Waals surface area contributed by atoms with Gasteiger partial charge in [-0.3, -0.25) is 4.79 Å². The summed E-state index contributed by atoms with van der Waals surface area (Å²) in [6, 6.07) is 0. The summed E-state index contributed by atoms with van der Waals surface area (Å²) in [7, 11) is 3.79. The first-order valence-corrected chi connectivity index (χ1v) is 5.33. The van der Waals surface area contributed by atoms with Crippen molar-refractivity contribution in [3.8, 4) is 0 Å². The fraction of sp³-hybridized carbons (Fsp3) is 0.545. The summed E-state index contributed by atoms with van der Waals surface area (Å²) in [4.78, 5) is 21.4. The third-order valence-electron chi connectivity index (χ3n) is 2.89. The maximum atomic E-state index is 10.9. The third-order valence-corrected chi connectivity index (χ3v) is 2.89. The number of carbonyl (C=O) groups is 1. The van der Waals surface area contributed by atoms with E-state index in [1.165, 1.54) is 0 Å². The van der Waals surface area contributed by atoms with Gasteiger partial charge in [0.1, 0.15) is 0 Å². The second kappa shape index (κ2) is 4.08. The lowest BCUT2D eigenvalue weighted by molar-refractivity contribution is -0.142. The van der Waals surface area contributed by atoms with Crippen LogP contribution in [0.3, 0.4) is 0 Å². The Morgan fingerprint density at radius 3 is 2.94 bits per heavy atom. The number of nitrogens with zero attached hydrogens (tertiary/aromatic N) is 3. The van der Waals surface area contributed by atoms with Crippen LogP contribution in [0.2, 0.25) is 0 Å². The van der Waals surface area contributed by atoms with Gasteiger partial charge in [-0.25, -0.2) is 9.97 Å². The molecule has 5 heteroatoms. The number of hydrogen-bond donors (Lipinski definition) is 1. The van der Waals surface area contributed by atoms with Gasteiger partial charge < -0.3 is 10.0 Å². The van der Waals surface area contributed by atoms with Crippen molar-refractivity contribution in [2.24, 2.45) is 5.92 Å². The second-order valence-electron chi connectivity index (χ2n) is 4.31. The highest BCUT2D eigenvalue weighted by Gasteiger charge is 2.25. The average molecular weight is 221 g/mol. The number of aromatic nitrogens is 2. The second-order valence-corrected chi connectivity index (χ2v) is 4.31. The number of carboxylic acids is 1. The molecule has 1 aromatic rings. The average Bonchev–Trinajstić information content (AvgIpc) is 2.27. The van der Waals surface area contributed by atoms with Gasteiger partial charge in [-0.1, -0.05) is 0 Å². The molecule has 1 aliphatic rings. The largest absolute Gasteiger partial charge is 0.481 e. The van der Waals surface area contributed by atoms with Crippen LogP contribution in [0.1, 0.15) is 17.7 Å². The van der Waals surface area contributed by atoms with Gasteiger partial charge in [0, 0.05) is 26.0 Å². The highest BCUT2D eigenvalue weighted by molar-refractivity contribution is 5.70. The summed E-state index contributed by atoms with van der Waals surface area (Å²) >= 11 is 0. The van der Waals surface area contributed by atoms with Crippen molar-refractivity contribution in [1.29, 1.82) is 0 Å². The Morgan fingerprint density at radius 2 is 2.31 bits per heavy atom. The van der Waals surface area contributed by atoms with E-state index in [1.807, 2.05) is 19.0 Å². The predicted octanol–water partition coefficient (Wildman–Crippen LogP) is 0.732. The van der Waals surface area contributed by atoms with Crippen molar-refractivity contribution in [1.82, 2.24) is 9.97 Å². The molecule has 1 N–H and O–H groups in total. The van der Waals surface area contributed by atoms with Gasteiger partial charge in [0.2, 0.25) is 5.95 Å². The molecule has 0 saturated carbocycles. The summed E-state index contributed by atoms with van der Waals surface area (Å²) in [6.45, 7) is 0. The van der Waals surface area contributed by atoms with E-state index in [-0.39, 0.29) is 5.92 Å². The summed E-state index contributed by atoms with van der Waals surface area (Å²) < 4.78 is 0. The third kappa shape index (κ3) is 1.98. The number of fused-ring (bicyclic) bond motifs is 1. The molecular formula is C11H15N3O2. The van der Waals surface area contributed by atoms with Gasteiger partial charge >= 0.3 is 5.97 Å². The number of anilines is 1. The number of rotatable bonds is 2. The van der Waals surface area contributed by atoms with E-state index in [1.54, 1.807) is 6.20 Å². The lowest BCUT2D eigenvalue weighted by Gasteiger charge is -2.21. The van der Waals surface area contributed by atoms with Crippen molar-refractivity contribution >= 4 is 11.9 Å². The smallest absolute Gasteiger partial charge is 0.306 e. The molecule has 0 radical (unpaired) electrons. The van der Waals surface area contributed by atoms with E-state index in [4.69, 9.17) is 5.11 Å². The molecule has 1 aliphatic carbocycles. The molecule has 0 aromatic carbocycles. The first-order valence-electron chi connectivity index (χ1n) is 5.33. The highest BCUT2D eigenvalue weighted by Crippen LogP contribution is 2.24. The van der Waals surface area contributed by atoms with Crippen LogP contribution in [-0.2, 0) is 17.6 Å². The summed E-state index contributed by atoms with van der Waals surface area (Å²) in [6.07, 6.45) is 3.72. The predicted molar refractivity (Wildman–Crippen MR) is 59.5 cm³/mol. The Balaban J connectivity index is 2.25. The van der Waals surface area contributed by atoms with E-state index in [2.05, 4.69) is 9.97 Å². The molecule has 1 aromatic heterocycles. The lowest BCUT2D eigenvalue weighted by Crippen LogP contribution is -2.24. The Kier molecular flexibility index (Phi) is 2.77. The molecule has 1 heterocycles. The number of aliphatic carboxylic acids is 1. The zero-order valence-corrected chi connectivity index (χ0v) is 9.47. The Labute approximate surface area is 94.1 Å². The van der Waals surface area contributed by atoms with Gasteiger partial charge in [-0.15, -0.1) is 0 Å². The van der Waals surface area contributed by atoms with Crippen molar-refractivity contribution in [2.45, 2.75) is 19.3 Å². The molecule has 0 spiro atoms. The van der Waals surface area contributed by atoms with Gasteiger partial charge in [-0.05, 0) is 24.8 Å². The summed E-state index contributed by atoms with van der Waals surface area (Å²) in [5, 5.41) is 8.96. The van der Waals surface area contributed by atoms with Crippen molar-refractivity contribution < 1.29 is 9.90 Å². The minimum atomic E-state index is -0.720.